The number of carbonyl (C=O) groups is 1. The van der Waals surface area contributed by atoms with Gasteiger partial charge in [-0.2, -0.15) is 0 Å². The van der Waals surface area contributed by atoms with Crippen molar-refractivity contribution in [3.8, 4) is 0 Å². The first kappa shape index (κ1) is 14.5. The highest BCUT2D eigenvalue weighted by molar-refractivity contribution is 5.94. The smallest absolute Gasteiger partial charge is 0.253 e. The van der Waals surface area contributed by atoms with E-state index >= 15 is 0 Å². The molecule has 0 unspecified atom stereocenters. The van der Waals surface area contributed by atoms with E-state index in [-0.39, 0.29) is 11.4 Å². The van der Waals surface area contributed by atoms with Crippen LogP contribution < -0.4 is 5.32 Å². The summed E-state index contributed by atoms with van der Waals surface area (Å²) in [6.45, 7) is 8.85. The molecule has 1 fully saturated rings. The molecular formula is C17H25N3O. The van der Waals surface area contributed by atoms with E-state index < -0.39 is 0 Å². The summed E-state index contributed by atoms with van der Waals surface area (Å²) in [6.07, 6.45) is 1.06. The van der Waals surface area contributed by atoms with Crippen LogP contribution >= 0.6 is 0 Å². The van der Waals surface area contributed by atoms with E-state index in [0.717, 1.165) is 44.7 Å². The van der Waals surface area contributed by atoms with Crippen molar-refractivity contribution in [2.45, 2.75) is 32.4 Å². The van der Waals surface area contributed by atoms with Crippen LogP contribution in [0.5, 0.6) is 0 Å². The molecule has 1 N–H and O–H groups in total. The number of hydrogen-bond acceptors (Lipinski definition) is 3. The van der Waals surface area contributed by atoms with Gasteiger partial charge in [0.25, 0.3) is 5.91 Å². The fraction of sp³-hybridized carbons (Fsp3) is 0.588. The highest BCUT2D eigenvalue weighted by Gasteiger charge is 2.33. The van der Waals surface area contributed by atoms with Crippen LogP contribution in [0.3, 0.4) is 0 Å². The number of rotatable bonds is 1. The number of nitrogens with zero attached hydrogens (tertiary/aromatic N) is 2. The molecule has 3 rings (SSSR count). The van der Waals surface area contributed by atoms with Crippen LogP contribution in [0, 0.1) is 0 Å². The summed E-state index contributed by atoms with van der Waals surface area (Å²) in [5.41, 5.74) is 3.53. The number of amides is 1. The van der Waals surface area contributed by atoms with Crippen LogP contribution in [-0.2, 0) is 13.0 Å². The molecule has 4 nitrogen and oxygen atoms in total. The fourth-order valence-electron chi connectivity index (χ4n) is 3.21. The summed E-state index contributed by atoms with van der Waals surface area (Å²) < 4.78 is 0. The molecule has 1 saturated heterocycles. The Morgan fingerprint density at radius 2 is 2.05 bits per heavy atom. The van der Waals surface area contributed by atoms with Gasteiger partial charge in [-0.1, -0.05) is 6.07 Å². The van der Waals surface area contributed by atoms with Gasteiger partial charge in [0.05, 0.1) is 0 Å². The molecule has 1 aromatic rings. The molecule has 114 valence electrons. The summed E-state index contributed by atoms with van der Waals surface area (Å²) in [6, 6.07) is 6.21. The number of piperazine rings is 1. The van der Waals surface area contributed by atoms with E-state index in [1.807, 2.05) is 11.0 Å². The maximum absolute atomic E-state index is 12.8. The van der Waals surface area contributed by atoms with Crippen molar-refractivity contribution in [3.05, 3.63) is 34.9 Å². The normalized spacial score (nSPS) is 22.0. The molecule has 0 bridgehead atoms. The molecule has 2 aliphatic heterocycles. The molecule has 4 heteroatoms. The van der Waals surface area contributed by atoms with Crippen molar-refractivity contribution in [1.29, 1.82) is 0 Å². The average Bonchev–Trinajstić information content (AvgIpc) is 2.48. The van der Waals surface area contributed by atoms with Gasteiger partial charge in [0.2, 0.25) is 0 Å². The van der Waals surface area contributed by atoms with Gasteiger partial charge in [-0.05, 0) is 57.1 Å². The first-order valence-corrected chi connectivity index (χ1v) is 7.80. The first-order valence-electron chi connectivity index (χ1n) is 7.80. The minimum Gasteiger partial charge on any atom is -0.336 e. The van der Waals surface area contributed by atoms with E-state index in [2.05, 4.69) is 43.2 Å². The minimum atomic E-state index is 0.0453. The Balaban J connectivity index is 1.79. The molecule has 0 saturated carbocycles. The zero-order valence-electron chi connectivity index (χ0n) is 13.3. The van der Waals surface area contributed by atoms with Crippen LogP contribution in [-0.4, -0.2) is 54.5 Å². The van der Waals surface area contributed by atoms with Crippen molar-refractivity contribution in [1.82, 2.24) is 15.1 Å². The molecular weight excluding hydrogens is 262 g/mol. The van der Waals surface area contributed by atoms with Crippen LogP contribution in [0.25, 0.3) is 0 Å². The van der Waals surface area contributed by atoms with Crippen LogP contribution in [0.4, 0.5) is 0 Å². The Morgan fingerprint density at radius 3 is 2.81 bits per heavy atom. The summed E-state index contributed by atoms with van der Waals surface area (Å²) in [5, 5.41) is 3.37. The second-order valence-corrected chi connectivity index (χ2v) is 6.87. The third kappa shape index (κ3) is 2.83. The van der Waals surface area contributed by atoms with E-state index in [9.17, 15) is 4.79 Å². The lowest BCUT2D eigenvalue weighted by Crippen LogP contribution is -2.58. The van der Waals surface area contributed by atoms with Crippen molar-refractivity contribution < 1.29 is 4.79 Å². The van der Waals surface area contributed by atoms with Crippen molar-refractivity contribution in [2.24, 2.45) is 0 Å². The number of carbonyl (C=O) groups excluding carboxylic acids is 1. The van der Waals surface area contributed by atoms with Crippen LogP contribution in [0.15, 0.2) is 18.2 Å². The molecule has 0 aromatic heterocycles. The molecule has 0 atom stereocenters. The number of fused-ring (bicyclic) bond motifs is 1. The zero-order chi connectivity index (χ0) is 15.0. The second-order valence-electron chi connectivity index (χ2n) is 6.87. The van der Waals surface area contributed by atoms with E-state index in [4.69, 9.17) is 0 Å². The fourth-order valence-corrected chi connectivity index (χ4v) is 3.21. The minimum absolute atomic E-state index is 0.0453. The number of likely N-dealkylation sites (N-methyl/N-ethyl adjacent to an activating group) is 1. The Kier molecular flexibility index (Phi) is 3.76. The Bertz CT molecular complexity index is 553. The quantitative estimate of drug-likeness (QED) is 0.850. The number of nitrogens with one attached hydrogen (secondary N) is 1. The van der Waals surface area contributed by atoms with E-state index in [1.165, 1.54) is 11.1 Å². The number of benzene rings is 1. The predicted octanol–water partition coefficient (Wildman–Crippen LogP) is 1.50. The molecule has 1 amide bonds. The number of hydrogen-bond donors (Lipinski definition) is 1. The van der Waals surface area contributed by atoms with Gasteiger partial charge < -0.3 is 10.2 Å². The summed E-state index contributed by atoms with van der Waals surface area (Å²) in [5.74, 6) is 0.171. The molecule has 0 spiro atoms. The monoisotopic (exact) mass is 287 g/mol. The summed E-state index contributed by atoms with van der Waals surface area (Å²) >= 11 is 0. The van der Waals surface area contributed by atoms with Crippen molar-refractivity contribution >= 4 is 5.91 Å². The molecule has 0 radical (unpaired) electrons. The SMILES string of the molecule is CN1CCN(C(=O)c2ccc3c(c2)CNCC3)CC1(C)C. The zero-order valence-corrected chi connectivity index (χ0v) is 13.3. The molecule has 0 aliphatic carbocycles. The van der Waals surface area contributed by atoms with Gasteiger partial charge in [-0.15, -0.1) is 0 Å². The molecule has 21 heavy (non-hydrogen) atoms. The van der Waals surface area contributed by atoms with Gasteiger partial charge in [0.1, 0.15) is 0 Å². The van der Waals surface area contributed by atoms with Gasteiger partial charge in [-0.3, -0.25) is 9.69 Å². The average molecular weight is 287 g/mol. The highest BCUT2D eigenvalue weighted by Crippen LogP contribution is 2.22. The maximum Gasteiger partial charge on any atom is 0.253 e. The maximum atomic E-state index is 12.8. The van der Waals surface area contributed by atoms with Crippen LogP contribution in [0.2, 0.25) is 0 Å². The predicted molar refractivity (Wildman–Crippen MR) is 84.5 cm³/mol. The lowest BCUT2D eigenvalue weighted by molar-refractivity contribution is 0.0311. The first-order chi connectivity index (χ1) is 9.97. The lowest BCUT2D eigenvalue weighted by atomic mass is 9.96. The highest BCUT2D eigenvalue weighted by atomic mass is 16.2. The Hall–Kier alpha value is -1.39. The molecule has 2 heterocycles. The standard InChI is InChI=1S/C17H25N3O/c1-17(2)12-20(9-8-19(17)3)16(21)14-5-4-13-6-7-18-11-15(13)10-14/h4-5,10,18H,6-9,11-12H2,1-3H3. The molecule has 2 aliphatic rings. The Morgan fingerprint density at radius 1 is 1.24 bits per heavy atom. The van der Waals surface area contributed by atoms with Gasteiger partial charge in [-0.25, -0.2) is 0 Å². The van der Waals surface area contributed by atoms with Crippen LogP contribution in [0.1, 0.15) is 35.3 Å². The van der Waals surface area contributed by atoms with Gasteiger partial charge >= 0.3 is 0 Å². The van der Waals surface area contributed by atoms with Crippen molar-refractivity contribution in [3.63, 3.8) is 0 Å². The Labute approximate surface area is 127 Å². The van der Waals surface area contributed by atoms with Gasteiger partial charge in [0.15, 0.2) is 0 Å². The van der Waals surface area contributed by atoms with Gasteiger partial charge in [0, 0.05) is 37.3 Å². The largest absolute Gasteiger partial charge is 0.336 e. The third-order valence-corrected chi connectivity index (χ3v) is 4.94. The topological polar surface area (TPSA) is 35.6 Å². The van der Waals surface area contributed by atoms with E-state index in [0.29, 0.717) is 0 Å². The van der Waals surface area contributed by atoms with Crippen molar-refractivity contribution in [2.75, 3.05) is 33.2 Å². The lowest BCUT2D eigenvalue weighted by Gasteiger charge is -2.45. The third-order valence-electron chi connectivity index (χ3n) is 4.94. The second kappa shape index (κ2) is 5.43. The van der Waals surface area contributed by atoms with E-state index in [1.54, 1.807) is 0 Å². The summed E-state index contributed by atoms with van der Waals surface area (Å²) in [7, 11) is 2.13. The molecule has 1 aromatic carbocycles. The summed E-state index contributed by atoms with van der Waals surface area (Å²) in [4.78, 5) is 17.1.